The summed E-state index contributed by atoms with van der Waals surface area (Å²) in [7, 11) is 0. The third-order valence-electron chi connectivity index (χ3n) is 1.04. The van der Waals surface area contributed by atoms with Crippen LogP contribution >= 0.6 is 0 Å². The molecule has 0 aromatic carbocycles. The van der Waals surface area contributed by atoms with E-state index >= 15 is 0 Å². The average molecular weight is 124 g/mol. The average Bonchev–Trinajstić information content (AvgIpc) is 2.15. The third-order valence-corrected chi connectivity index (χ3v) is 1.04. The van der Waals surface area contributed by atoms with Gasteiger partial charge in [0.15, 0.2) is 0 Å². The first-order valence-electron chi connectivity index (χ1n) is 2.72. The number of nitrogens with two attached hydrogens (primary N) is 1. The minimum Gasteiger partial charge on any atom is -0.351 e. The Morgan fingerprint density at radius 2 is 2.56 bits per heavy atom. The van der Waals surface area contributed by atoms with E-state index in [-0.39, 0.29) is 0 Å². The maximum Gasteiger partial charge on any atom is 0.316 e. The van der Waals surface area contributed by atoms with Crippen LogP contribution in [0.2, 0.25) is 0 Å². The Balaban J connectivity index is 2.45. The molecule has 0 unspecified atom stereocenters. The van der Waals surface area contributed by atoms with Gasteiger partial charge in [-0.15, -0.1) is 0 Å². The van der Waals surface area contributed by atoms with Crippen molar-refractivity contribution in [2.75, 3.05) is 0 Å². The van der Waals surface area contributed by atoms with Crippen LogP contribution in [0, 0.1) is 0 Å². The fraction of sp³-hybridized carbons (Fsp3) is 0.167. The lowest BCUT2D eigenvalue weighted by atomic mass is 10.5. The molecule has 0 atom stereocenters. The summed E-state index contributed by atoms with van der Waals surface area (Å²) >= 11 is 0. The molecule has 0 aliphatic heterocycles. The molecule has 1 aliphatic rings. The Labute approximate surface area is 53.2 Å². The number of hydrogen-bond acceptors (Lipinski definition) is 1. The number of primary amides is 1. The zero-order valence-corrected chi connectivity index (χ0v) is 4.92. The van der Waals surface area contributed by atoms with Gasteiger partial charge in [-0.1, -0.05) is 12.2 Å². The lowest BCUT2D eigenvalue weighted by Crippen LogP contribution is -2.27. The number of allylic oxidation sites excluding steroid dienone is 3. The van der Waals surface area contributed by atoms with Crippen LogP contribution < -0.4 is 11.1 Å². The van der Waals surface area contributed by atoms with Crippen molar-refractivity contribution < 1.29 is 4.79 Å². The molecule has 3 nitrogen and oxygen atoms in total. The van der Waals surface area contributed by atoms with E-state index in [1.54, 1.807) is 0 Å². The van der Waals surface area contributed by atoms with E-state index < -0.39 is 6.03 Å². The molecule has 0 fully saturated rings. The van der Waals surface area contributed by atoms with Crippen LogP contribution in [0.3, 0.4) is 0 Å². The summed E-state index contributed by atoms with van der Waals surface area (Å²) < 4.78 is 0. The van der Waals surface area contributed by atoms with Crippen molar-refractivity contribution in [2.45, 2.75) is 6.42 Å². The maximum absolute atomic E-state index is 10.2. The molecule has 0 saturated heterocycles. The number of urea groups is 1. The van der Waals surface area contributed by atoms with Gasteiger partial charge in [0.2, 0.25) is 0 Å². The summed E-state index contributed by atoms with van der Waals surface area (Å²) in [5, 5.41) is 2.45. The predicted octanol–water partition coefficient (Wildman–Crippen LogP) is 0.499. The van der Waals surface area contributed by atoms with Gasteiger partial charge in [0, 0.05) is 5.70 Å². The van der Waals surface area contributed by atoms with E-state index in [1.807, 2.05) is 18.2 Å². The first-order valence-corrected chi connectivity index (χ1v) is 2.72. The van der Waals surface area contributed by atoms with Crippen LogP contribution in [0.15, 0.2) is 23.9 Å². The van der Waals surface area contributed by atoms with E-state index in [4.69, 9.17) is 5.73 Å². The smallest absolute Gasteiger partial charge is 0.316 e. The van der Waals surface area contributed by atoms with Crippen molar-refractivity contribution in [2.24, 2.45) is 5.73 Å². The molecule has 48 valence electrons. The summed E-state index contributed by atoms with van der Waals surface area (Å²) in [6.45, 7) is 0. The highest BCUT2D eigenvalue weighted by atomic mass is 16.2. The first-order chi connectivity index (χ1) is 4.29. The van der Waals surface area contributed by atoms with Crippen molar-refractivity contribution in [1.82, 2.24) is 5.32 Å². The number of carbonyl (C=O) groups is 1. The Hall–Kier alpha value is -1.25. The highest BCUT2D eigenvalue weighted by Crippen LogP contribution is 2.03. The van der Waals surface area contributed by atoms with Gasteiger partial charge in [0.1, 0.15) is 0 Å². The standard InChI is InChI=1S/C6H8N2O/c7-6(9)8-5-3-1-2-4-5/h1,3-4H,2H2,(H3,7,8,9). The molecule has 0 spiro atoms. The van der Waals surface area contributed by atoms with Crippen LogP contribution in [-0.4, -0.2) is 6.03 Å². The molecule has 1 rings (SSSR count). The fourth-order valence-corrected chi connectivity index (χ4v) is 0.693. The molecule has 0 heterocycles. The van der Waals surface area contributed by atoms with Gasteiger partial charge in [0.25, 0.3) is 0 Å². The molecule has 0 saturated carbocycles. The van der Waals surface area contributed by atoms with Crippen molar-refractivity contribution in [3.63, 3.8) is 0 Å². The third kappa shape index (κ3) is 1.60. The first kappa shape index (κ1) is 5.88. The molecule has 3 N–H and O–H groups in total. The topological polar surface area (TPSA) is 55.1 Å². The molecular weight excluding hydrogens is 116 g/mol. The summed E-state index contributed by atoms with van der Waals surface area (Å²) in [5.74, 6) is 0. The molecule has 9 heavy (non-hydrogen) atoms. The minimum absolute atomic E-state index is 0.507. The molecule has 0 aromatic rings. The van der Waals surface area contributed by atoms with Gasteiger partial charge in [-0.05, 0) is 12.5 Å². The summed E-state index contributed by atoms with van der Waals surface area (Å²) in [5.41, 5.74) is 5.64. The van der Waals surface area contributed by atoms with E-state index in [0.717, 1.165) is 12.1 Å². The molecule has 0 aromatic heterocycles. The van der Waals surface area contributed by atoms with Gasteiger partial charge in [-0.25, -0.2) is 4.79 Å². The number of carbonyl (C=O) groups excluding carboxylic acids is 1. The number of nitrogens with one attached hydrogen (secondary N) is 1. The van der Waals surface area contributed by atoms with Crippen molar-refractivity contribution in [3.05, 3.63) is 23.9 Å². The van der Waals surface area contributed by atoms with Crippen molar-refractivity contribution in [3.8, 4) is 0 Å². The zero-order chi connectivity index (χ0) is 6.69. The van der Waals surface area contributed by atoms with Crippen LogP contribution in [-0.2, 0) is 0 Å². The van der Waals surface area contributed by atoms with E-state index in [1.165, 1.54) is 0 Å². The minimum atomic E-state index is -0.507. The zero-order valence-electron chi connectivity index (χ0n) is 4.92. The normalized spacial score (nSPS) is 15.3. The number of rotatable bonds is 1. The Bertz CT molecular complexity index is 181. The van der Waals surface area contributed by atoms with E-state index in [9.17, 15) is 4.79 Å². The van der Waals surface area contributed by atoms with Crippen LogP contribution in [0.25, 0.3) is 0 Å². The van der Waals surface area contributed by atoms with Crippen molar-refractivity contribution in [1.29, 1.82) is 0 Å². The molecule has 0 bridgehead atoms. The Morgan fingerprint density at radius 3 is 3.00 bits per heavy atom. The second kappa shape index (κ2) is 2.35. The van der Waals surface area contributed by atoms with E-state index in [0.29, 0.717) is 0 Å². The lowest BCUT2D eigenvalue weighted by molar-refractivity contribution is 0.251. The van der Waals surface area contributed by atoms with Crippen molar-refractivity contribution >= 4 is 6.03 Å². The Kier molecular flexibility index (Phi) is 1.53. The predicted molar refractivity (Wildman–Crippen MR) is 34.6 cm³/mol. The largest absolute Gasteiger partial charge is 0.351 e. The van der Waals surface area contributed by atoms with Gasteiger partial charge < -0.3 is 11.1 Å². The Morgan fingerprint density at radius 1 is 1.78 bits per heavy atom. The van der Waals surface area contributed by atoms with Gasteiger partial charge >= 0.3 is 6.03 Å². The van der Waals surface area contributed by atoms with Crippen LogP contribution in [0.1, 0.15) is 6.42 Å². The van der Waals surface area contributed by atoms with Gasteiger partial charge in [0.05, 0.1) is 0 Å². The van der Waals surface area contributed by atoms with Gasteiger partial charge in [-0.2, -0.15) is 0 Å². The molecular formula is C6H8N2O. The van der Waals surface area contributed by atoms with E-state index in [2.05, 4.69) is 5.32 Å². The monoisotopic (exact) mass is 124 g/mol. The molecule has 1 aliphatic carbocycles. The molecule has 0 radical (unpaired) electrons. The van der Waals surface area contributed by atoms with Gasteiger partial charge in [-0.3, -0.25) is 0 Å². The molecule has 2 amide bonds. The maximum atomic E-state index is 10.2. The lowest BCUT2D eigenvalue weighted by Gasteiger charge is -1.96. The number of hydrogen-bond donors (Lipinski definition) is 2. The highest BCUT2D eigenvalue weighted by Gasteiger charge is 1.97. The highest BCUT2D eigenvalue weighted by molar-refractivity contribution is 5.74. The number of amides is 2. The second-order valence-electron chi connectivity index (χ2n) is 1.79. The fourth-order valence-electron chi connectivity index (χ4n) is 0.693. The summed E-state index contributed by atoms with van der Waals surface area (Å²) in [6, 6.07) is -0.507. The quantitative estimate of drug-likeness (QED) is 0.525. The van der Waals surface area contributed by atoms with Crippen LogP contribution in [0.4, 0.5) is 4.79 Å². The van der Waals surface area contributed by atoms with Crippen LogP contribution in [0.5, 0.6) is 0 Å². The molecule has 3 heteroatoms. The summed E-state index contributed by atoms with van der Waals surface area (Å²) in [6.07, 6.45) is 6.55. The SMILES string of the molecule is NC(=O)NC1=CCC=C1. The second-order valence-corrected chi connectivity index (χ2v) is 1.79. The summed E-state index contributed by atoms with van der Waals surface area (Å²) in [4.78, 5) is 10.2.